The zero-order valence-electron chi connectivity index (χ0n) is 15.7. The lowest BCUT2D eigenvalue weighted by atomic mass is 9.86. The van der Waals surface area contributed by atoms with Crippen molar-refractivity contribution in [3.05, 3.63) is 23.5 Å². The second kappa shape index (κ2) is 7.92. The number of nitrogens with two attached hydrogens (primary N) is 1. The first kappa shape index (κ1) is 18.5. The molecule has 1 aromatic rings. The molecule has 140 valence electrons. The van der Waals surface area contributed by atoms with Gasteiger partial charge in [0.2, 0.25) is 0 Å². The van der Waals surface area contributed by atoms with Gasteiger partial charge in [-0.05, 0) is 64.5 Å². The number of benzene rings is 1. The molecule has 0 spiro atoms. The van der Waals surface area contributed by atoms with E-state index in [9.17, 15) is 4.39 Å². The van der Waals surface area contributed by atoms with E-state index in [1.54, 1.807) is 0 Å². The van der Waals surface area contributed by atoms with Crippen molar-refractivity contribution in [3.8, 4) is 0 Å². The highest BCUT2D eigenvalue weighted by molar-refractivity contribution is 5.62. The van der Waals surface area contributed by atoms with E-state index in [0.717, 1.165) is 56.6 Å². The summed E-state index contributed by atoms with van der Waals surface area (Å²) in [6, 6.07) is 4.28. The van der Waals surface area contributed by atoms with Crippen LogP contribution in [-0.4, -0.2) is 37.9 Å². The largest absolute Gasteiger partial charge is 0.382 e. The summed E-state index contributed by atoms with van der Waals surface area (Å²) in [5, 5.41) is 3.33. The topological polar surface area (TPSA) is 50.5 Å². The van der Waals surface area contributed by atoms with Crippen molar-refractivity contribution in [2.45, 2.75) is 64.7 Å². The van der Waals surface area contributed by atoms with Crippen LogP contribution in [-0.2, 0) is 4.74 Å². The second-order valence-corrected chi connectivity index (χ2v) is 7.90. The number of hydrogen-bond acceptors (Lipinski definition) is 4. The zero-order chi connectivity index (χ0) is 18.0. The van der Waals surface area contributed by atoms with Crippen molar-refractivity contribution < 1.29 is 9.13 Å². The molecule has 1 saturated heterocycles. The van der Waals surface area contributed by atoms with E-state index in [0.29, 0.717) is 17.6 Å². The van der Waals surface area contributed by atoms with Crippen molar-refractivity contribution in [2.75, 3.05) is 29.9 Å². The molecule has 25 heavy (non-hydrogen) atoms. The molecule has 0 unspecified atom stereocenters. The third-order valence-electron chi connectivity index (χ3n) is 5.59. The Kier molecular flexibility index (Phi) is 5.85. The SMILES string of the molecule is Cc1c(N2C[C@@H](C)O[C@@H](C)C2)ccc(NCC2CCC(N)CC2)c1F. The van der Waals surface area contributed by atoms with E-state index in [1.807, 2.05) is 19.1 Å². The molecular weight excluding hydrogens is 317 g/mol. The van der Waals surface area contributed by atoms with Crippen LogP contribution in [0.25, 0.3) is 0 Å². The quantitative estimate of drug-likeness (QED) is 0.871. The third-order valence-corrected chi connectivity index (χ3v) is 5.59. The van der Waals surface area contributed by atoms with Gasteiger partial charge in [-0.2, -0.15) is 0 Å². The number of anilines is 2. The summed E-state index contributed by atoms with van der Waals surface area (Å²) in [6.07, 6.45) is 4.77. The van der Waals surface area contributed by atoms with Crippen molar-refractivity contribution >= 4 is 11.4 Å². The summed E-state index contributed by atoms with van der Waals surface area (Å²) in [5.74, 6) is 0.469. The van der Waals surface area contributed by atoms with Crippen LogP contribution in [0.1, 0.15) is 45.1 Å². The van der Waals surface area contributed by atoms with Crippen molar-refractivity contribution in [2.24, 2.45) is 11.7 Å². The lowest BCUT2D eigenvalue weighted by Crippen LogP contribution is -2.45. The fraction of sp³-hybridized carbons (Fsp3) is 0.700. The predicted octanol–water partition coefficient (Wildman–Crippen LogP) is 3.68. The molecule has 3 N–H and O–H groups in total. The smallest absolute Gasteiger partial charge is 0.151 e. The fourth-order valence-corrected chi connectivity index (χ4v) is 4.18. The maximum atomic E-state index is 14.9. The molecular formula is C20H32FN3O. The average molecular weight is 349 g/mol. The Hall–Kier alpha value is -1.33. The monoisotopic (exact) mass is 349 g/mol. The maximum Gasteiger partial charge on any atom is 0.151 e. The van der Waals surface area contributed by atoms with E-state index in [4.69, 9.17) is 10.5 Å². The Balaban J connectivity index is 1.66. The highest BCUT2D eigenvalue weighted by Crippen LogP contribution is 2.31. The van der Waals surface area contributed by atoms with Gasteiger partial charge in [0.1, 0.15) is 0 Å². The van der Waals surface area contributed by atoms with Crippen LogP contribution < -0.4 is 16.0 Å². The minimum atomic E-state index is -0.128. The molecule has 0 radical (unpaired) electrons. The van der Waals surface area contributed by atoms with Crippen molar-refractivity contribution in [1.29, 1.82) is 0 Å². The first-order chi connectivity index (χ1) is 11.9. The van der Waals surface area contributed by atoms with Crippen molar-refractivity contribution in [1.82, 2.24) is 0 Å². The summed E-state index contributed by atoms with van der Waals surface area (Å²) in [5.41, 5.74) is 8.28. The fourth-order valence-electron chi connectivity index (χ4n) is 4.18. The van der Waals surface area contributed by atoms with Gasteiger partial charge >= 0.3 is 0 Å². The number of halogens is 1. The normalized spacial score (nSPS) is 30.4. The van der Waals surface area contributed by atoms with Gasteiger partial charge in [0.15, 0.2) is 5.82 Å². The molecule has 0 bridgehead atoms. The molecule has 2 aliphatic rings. The summed E-state index contributed by atoms with van der Waals surface area (Å²) >= 11 is 0. The minimum absolute atomic E-state index is 0.128. The number of ether oxygens (including phenoxy) is 1. The predicted molar refractivity (Wildman–Crippen MR) is 102 cm³/mol. The van der Waals surface area contributed by atoms with Crippen LogP contribution in [0, 0.1) is 18.7 Å². The summed E-state index contributed by atoms with van der Waals surface area (Å²) in [7, 11) is 0. The van der Waals surface area contributed by atoms with Gasteiger partial charge < -0.3 is 20.7 Å². The van der Waals surface area contributed by atoms with Crippen molar-refractivity contribution in [3.63, 3.8) is 0 Å². The summed E-state index contributed by atoms with van der Waals surface area (Å²) in [4.78, 5) is 2.24. The van der Waals surface area contributed by atoms with Crippen LogP contribution in [0.2, 0.25) is 0 Å². The molecule has 5 heteroatoms. The molecule has 1 aliphatic carbocycles. The first-order valence-electron chi connectivity index (χ1n) is 9.63. The van der Waals surface area contributed by atoms with Gasteiger partial charge in [-0.15, -0.1) is 0 Å². The molecule has 1 heterocycles. The van der Waals surface area contributed by atoms with Crippen LogP contribution >= 0.6 is 0 Å². The Morgan fingerprint density at radius 3 is 2.44 bits per heavy atom. The number of hydrogen-bond donors (Lipinski definition) is 2. The zero-order valence-corrected chi connectivity index (χ0v) is 15.7. The van der Waals surface area contributed by atoms with Gasteiger partial charge in [0.25, 0.3) is 0 Å². The number of rotatable bonds is 4. The Bertz CT molecular complexity index is 577. The third kappa shape index (κ3) is 4.45. The summed E-state index contributed by atoms with van der Waals surface area (Å²) in [6.45, 7) is 8.45. The molecule has 4 nitrogen and oxygen atoms in total. The molecule has 2 fully saturated rings. The maximum absolute atomic E-state index is 14.9. The van der Waals surface area contributed by atoms with Gasteiger partial charge in [-0.3, -0.25) is 0 Å². The molecule has 0 amide bonds. The van der Waals surface area contributed by atoms with E-state index >= 15 is 0 Å². The molecule has 1 aromatic carbocycles. The molecule has 1 aliphatic heterocycles. The number of nitrogens with one attached hydrogen (secondary N) is 1. The van der Waals surface area contributed by atoms with Crippen LogP contribution in [0.5, 0.6) is 0 Å². The number of nitrogens with zero attached hydrogens (tertiary/aromatic N) is 1. The Morgan fingerprint density at radius 2 is 1.80 bits per heavy atom. The standard InChI is InChI=1S/C20H32FN3O/c1-13-11-24(12-14(2)25-13)19-9-8-18(20(21)15(19)3)23-10-16-4-6-17(22)7-5-16/h8-9,13-14,16-17,23H,4-7,10-12,22H2,1-3H3/t13-,14+,16?,17?. The summed E-state index contributed by atoms with van der Waals surface area (Å²) < 4.78 is 20.7. The van der Waals surface area contributed by atoms with Gasteiger partial charge in [0, 0.05) is 36.9 Å². The number of morpholine rings is 1. The van der Waals surface area contributed by atoms with Crippen LogP contribution in [0.3, 0.4) is 0 Å². The second-order valence-electron chi connectivity index (χ2n) is 7.90. The Morgan fingerprint density at radius 1 is 1.16 bits per heavy atom. The molecule has 2 atom stereocenters. The van der Waals surface area contributed by atoms with Gasteiger partial charge in [-0.25, -0.2) is 4.39 Å². The lowest BCUT2D eigenvalue weighted by Gasteiger charge is -2.37. The highest BCUT2D eigenvalue weighted by Gasteiger charge is 2.25. The highest BCUT2D eigenvalue weighted by atomic mass is 19.1. The minimum Gasteiger partial charge on any atom is -0.382 e. The van der Waals surface area contributed by atoms with E-state index in [-0.39, 0.29) is 18.0 Å². The first-order valence-corrected chi connectivity index (χ1v) is 9.63. The van der Waals surface area contributed by atoms with E-state index < -0.39 is 0 Å². The van der Waals surface area contributed by atoms with E-state index in [2.05, 4.69) is 24.1 Å². The lowest BCUT2D eigenvalue weighted by molar-refractivity contribution is -0.00526. The molecule has 0 aromatic heterocycles. The van der Waals surface area contributed by atoms with Crippen LogP contribution in [0.15, 0.2) is 12.1 Å². The van der Waals surface area contributed by atoms with Crippen LogP contribution in [0.4, 0.5) is 15.8 Å². The van der Waals surface area contributed by atoms with E-state index in [1.165, 1.54) is 0 Å². The van der Waals surface area contributed by atoms with Gasteiger partial charge in [0.05, 0.1) is 17.9 Å². The molecule has 3 rings (SSSR count). The molecule has 1 saturated carbocycles. The Labute approximate surface area is 150 Å². The van der Waals surface area contributed by atoms with Gasteiger partial charge in [-0.1, -0.05) is 0 Å². The average Bonchev–Trinajstić information content (AvgIpc) is 2.57.